The first-order chi connectivity index (χ1) is 19.8. The third-order valence-electron chi connectivity index (χ3n) is 9.59. The molecule has 1 aliphatic heterocycles. The number of rotatable bonds is 4. The van der Waals surface area contributed by atoms with Gasteiger partial charge in [-0.1, -0.05) is 42.8 Å². The molecule has 2 aromatic rings. The molecule has 0 bridgehead atoms. The fourth-order valence-electron chi connectivity index (χ4n) is 7.09. The van der Waals surface area contributed by atoms with Crippen molar-refractivity contribution in [3.05, 3.63) is 64.7 Å². The van der Waals surface area contributed by atoms with Crippen molar-refractivity contribution in [3.63, 3.8) is 0 Å². The van der Waals surface area contributed by atoms with E-state index in [1.54, 1.807) is 6.92 Å². The van der Waals surface area contributed by atoms with E-state index in [0.717, 1.165) is 11.6 Å². The lowest BCUT2D eigenvalue weighted by molar-refractivity contribution is -0.348. The molecule has 43 heavy (non-hydrogen) atoms. The number of hydrogen-bond donors (Lipinski definition) is 0. The zero-order valence-electron chi connectivity index (χ0n) is 23.5. The maximum absolute atomic E-state index is 16.0. The molecule has 3 aliphatic rings. The second kappa shape index (κ2) is 10.2. The topological polar surface area (TPSA) is 54.5 Å². The molecule has 2 unspecified atom stereocenters. The first kappa shape index (κ1) is 31.7. The molecule has 2 aromatic carbocycles. The van der Waals surface area contributed by atoms with Crippen molar-refractivity contribution < 1.29 is 48.3 Å². The summed E-state index contributed by atoms with van der Waals surface area (Å²) in [6, 6.07) is 6.15. The number of fused-ring (bicyclic) bond motifs is 3. The van der Waals surface area contributed by atoms with Gasteiger partial charge in [-0.3, -0.25) is 4.79 Å². The van der Waals surface area contributed by atoms with Crippen LogP contribution in [-0.2, 0) is 31.5 Å². The average Bonchev–Trinajstić information content (AvgIpc) is 3.34. The van der Waals surface area contributed by atoms with Crippen LogP contribution in [-0.4, -0.2) is 49.8 Å². The van der Waals surface area contributed by atoms with E-state index in [2.05, 4.69) is 0 Å². The van der Waals surface area contributed by atoms with E-state index in [1.807, 2.05) is 6.92 Å². The minimum Gasteiger partial charge on any atom is -0.335 e. The van der Waals surface area contributed by atoms with Gasteiger partial charge in [0.1, 0.15) is 4.75 Å². The first-order valence-corrected chi connectivity index (χ1v) is 15.6. The van der Waals surface area contributed by atoms with Crippen LogP contribution >= 0.6 is 0 Å². The van der Waals surface area contributed by atoms with Crippen molar-refractivity contribution in [2.75, 3.05) is 6.54 Å². The monoisotopic (exact) mass is 637 g/mol. The zero-order chi connectivity index (χ0) is 31.8. The van der Waals surface area contributed by atoms with E-state index < -0.39 is 55.8 Å². The van der Waals surface area contributed by atoms with Crippen molar-refractivity contribution in [1.82, 2.24) is 4.90 Å². The Balaban J connectivity index is 1.67. The molecule has 0 N–H and O–H groups in total. The van der Waals surface area contributed by atoms with Crippen molar-refractivity contribution in [1.29, 1.82) is 0 Å². The Morgan fingerprint density at radius 2 is 1.47 bits per heavy atom. The van der Waals surface area contributed by atoms with Crippen molar-refractivity contribution in [2.24, 2.45) is 5.92 Å². The van der Waals surface area contributed by atoms with Crippen LogP contribution in [0.25, 0.3) is 0 Å². The molecule has 1 saturated heterocycles. The van der Waals surface area contributed by atoms with Gasteiger partial charge >= 0.3 is 18.0 Å². The highest BCUT2D eigenvalue weighted by Gasteiger charge is 2.74. The number of sulfone groups is 1. The number of benzene rings is 2. The molecule has 4 nitrogen and oxygen atoms in total. The summed E-state index contributed by atoms with van der Waals surface area (Å²) in [6.07, 6.45) is -12.5. The second-order valence-electron chi connectivity index (χ2n) is 12.2. The fraction of sp³-hybridized carbons (Fsp3) is 0.567. The van der Waals surface area contributed by atoms with E-state index >= 15 is 4.39 Å². The van der Waals surface area contributed by atoms with Gasteiger partial charge in [0.25, 0.3) is 5.91 Å². The van der Waals surface area contributed by atoms with Crippen LogP contribution in [0.4, 0.5) is 35.1 Å². The molecule has 2 aliphatic carbocycles. The highest BCUT2D eigenvalue weighted by Crippen LogP contribution is 2.57. The van der Waals surface area contributed by atoms with E-state index in [9.17, 15) is 43.9 Å². The Morgan fingerprint density at radius 1 is 0.884 bits per heavy atom. The Labute approximate surface area is 244 Å². The normalized spacial score (nSPS) is 28.4. The summed E-state index contributed by atoms with van der Waals surface area (Å²) in [7, 11) is -4.48. The summed E-state index contributed by atoms with van der Waals surface area (Å²) in [6.45, 7) is 3.48. The maximum Gasteiger partial charge on any atom is 0.435 e. The van der Waals surface area contributed by atoms with Gasteiger partial charge in [0, 0.05) is 12.1 Å². The number of aryl methyl sites for hydroxylation is 2. The maximum atomic E-state index is 16.0. The van der Waals surface area contributed by atoms with Gasteiger partial charge in [0.2, 0.25) is 0 Å². The molecule has 2 atom stereocenters. The van der Waals surface area contributed by atoms with Crippen LogP contribution in [0.2, 0.25) is 0 Å². The summed E-state index contributed by atoms with van der Waals surface area (Å²) in [5.41, 5.74) is -9.19. The number of hydrogen-bond acceptors (Lipinski definition) is 3. The van der Waals surface area contributed by atoms with Gasteiger partial charge < -0.3 is 4.90 Å². The van der Waals surface area contributed by atoms with Gasteiger partial charge in [0.05, 0.1) is 10.9 Å². The summed E-state index contributed by atoms with van der Waals surface area (Å²) in [5.74, 6) is -0.648. The number of carbonyl (C=O) groups excluding carboxylic acids is 1. The largest absolute Gasteiger partial charge is 0.435 e. The Hall–Kier alpha value is -2.70. The summed E-state index contributed by atoms with van der Waals surface area (Å²) < 4.78 is 139. The number of carbonyl (C=O) groups is 1. The molecule has 0 radical (unpaired) electrons. The highest BCUT2D eigenvalue weighted by molar-refractivity contribution is 7.92. The van der Waals surface area contributed by atoms with Crippen molar-refractivity contribution in [3.8, 4) is 0 Å². The Kier molecular flexibility index (Phi) is 7.50. The molecule has 0 spiro atoms. The van der Waals surface area contributed by atoms with Crippen molar-refractivity contribution in [2.45, 2.75) is 98.2 Å². The number of amides is 1. The van der Waals surface area contributed by atoms with Crippen LogP contribution in [0.5, 0.6) is 0 Å². The lowest BCUT2D eigenvalue weighted by Gasteiger charge is -2.44. The smallest absolute Gasteiger partial charge is 0.335 e. The molecular weight excluding hydrogens is 606 g/mol. The zero-order valence-corrected chi connectivity index (χ0v) is 24.3. The minimum absolute atomic E-state index is 0.0403. The molecule has 2 fully saturated rings. The SMILES string of the molecule is Cc1ccc(S(=O)(=O)C23CCN(C(=O)C4(F)CCC(C)CC4)C2CCc2cc(C(F)(C(F)(F)F)C(F)(F)F)ccc23)cc1. The number of likely N-dealkylation sites (tertiary alicyclic amines) is 1. The van der Waals surface area contributed by atoms with Gasteiger partial charge in [-0.2, -0.15) is 26.3 Å². The van der Waals surface area contributed by atoms with Gasteiger partial charge in [-0.15, -0.1) is 0 Å². The standard InChI is InChI=1S/C30H31F8NO3S/c1-18-3-7-22(8-4-18)43(41,42)27-15-16-39(25(40)26(31)13-11-19(2)12-14-26)24(27)10-5-20-17-21(6-9-23(20)27)28(32,29(33,34)35)30(36,37)38/h3-4,6-9,17,19,24H,5,10-16H2,1-2H3. The van der Waals surface area contributed by atoms with Crippen LogP contribution in [0.3, 0.4) is 0 Å². The molecule has 1 amide bonds. The molecule has 0 aromatic heterocycles. The molecule has 5 rings (SSSR count). The van der Waals surface area contributed by atoms with E-state index in [-0.39, 0.29) is 60.6 Å². The summed E-state index contributed by atoms with van der Waals surface area (Å²) in [5, 5.41) is 0. The van der Waals surface area contributed by atoms with Crippen LogP contribution in [0.15, 0.2) is 47.4 Å². The molecule has 1 saturated carbocycles. The predicted octanol–water partition coefficient (Wildman–Crippen LogP) is 7.42. The van der Waals surface area contributed by atoms with Crippen LogP contribution in [0.1, 0.15) is 67.7 Å². The molecular formula is C30H31F8NO3S. The lowest BCUT2D eigenvalue weighted by Crippen LogP contribution is -2.56. The highest BCUT2D eigenvalue weighted by atomic mass is 32.2. The molecule has 13 heteroatoms. The summed E-state index contributed by atoms with van der Waals surface area (Å²) >= 11 is 0. The predicted molar refractivity (Wildman–Crippen MR) is 141 cm³/mol. The Bertz CT molecular complexity index is 1500. The summed E-state index contributed by atoms with van der Waals surface area (Å²) in [4.78, 5) is 14.7. The van der Waals surface area contributed by atoms with Gasteiger partial charge in [0.15, 0.2) is 15.5 Å². The second-order valence-corrected chi connectivity index (χ2v) is 14.4. The molecule has 236 valence electrons. The third kappa shape index (κ3) is 4.66. The van der Waals surface area contributed by atoms with Crippen molar-refractivity contribution >= 4 is 15.7 Å². The van der Waals surface area contributed by atoms with Gasteiger partial charge in [-0.05, 0) is 81.0 Å². The number of halogens is 8. The van der Waals surface area contributed by atoms with E-state index in [4.69, 9.17) is 0 Å². The fourth-order valence-corrected chi connectivity index (χ4v) is 9.46. The number of nitrogens with zero attached hydrogens (tertiary/aromatic N) is 1. The van der Waals surface area contributed by atoms with E-state index in [0.29, 0.717) is 25.0 Å². The third-order valence-corrected chi connectivity index (χ3v) is 12.1. The lowest BCUT2D eigenvalue weighted by atomic mass is 9.76. The van der Waals surface area contributed by atoms with Gasteiger partial charge in [-0.25, -0.2) is 17.2 Å². The quantitative estimate of drug-likeness (QED) is 0.328. The Morgan fingerprint density at radius 3 is 2.02 bits per heavy atom. The van der Waals surface area contributed by atoms with Crippen LogP contribution in [0, 0.1) is 12.8 Å². The van der Waals surface area contributed by atoms with Crippen LogP contribution < -0.4 is 0 Å². The number of alkyl halides is 8. The average molecular weight is 638 g/mol. The molecule has 1 heterocycles. The first-order valence-electron chi connectivity index (χ1n) is 14.1. The van der Waals surface area contributed by atoms with E-state index in [1.165, 1.54) is 29.2 Å². The minimum atomic E-state index is -6.34.